The van der Waals surface area contributed by atoms with Crippen LogP contribution in [-0.2, 0) is 0 Å². The zero-order valence-corrected chi connectivity index (χ0v) is 15.7. The van der Waals surface area contributed by atoms with Crippen molar-refractivity contribution < 1.29 is 17.9 Å². The number of benzene rings is 1. The predicted octanol–water partition coefficient (Wildman–Crippen LogP) is 4.39. The molecule has 1 aliphatic rings. The molecule has 1 saturated heterocycles. The highest BCUT2D eigenvalue weighted by atomic mass is 32.1. The molecular weight excluding hydrogens is 372 g/mol. The van der Waals surface area contributed by atoms with Crippen molar-refractivity contribution in [2.45, 2.75) is 31.9 Å². The number of hydrogen-bond donors (Lipinski definition) is 2. The fourth-order valence-corrected chi connectivity index (χ4v) is 3.41. The molecule has 0 aliphatic carbocycles. The van der Waals surface area contributed by atoms with Gasteiger partial charge in [0, 0.05) is 12.2 Å². The lowest BCUT2D eigenvalue weighted by molar-refractivity contribution is -0.0498. The zero-order valence-electron chi connectivity index (χ0n) is 14.9. The number of thiocarbonyl (C=S) groups is 1. The SMILES string of the molecule is FC(F)Oc1ccc(NC(=S)NCC(c2ccco2)N2CCCCC2)cc1. The van der Waals surface area contributed by atoms with Crippen LogP contribution in [0, 0.1) is 0 Å². The number of nitrogens with zero attached hydrogens (tertiary/aromatic N) is 1. The van der Waals surface area contributed by atoms with E-state index in [1.165, 1.54) is 31.4 Å². The third-order valence-electron chi connectivity index (χ3n) is 4.50. The monoisotopic (exact) mass is 395 g/mol. The van der Waals surface area contributed by atoms with Crippen LogP contribution in [0.4, 0.5) is 14.5 Å². The van der Waals surface area contributed by atoms with E-state index in [-0.39, 0.29) is 11.8 Å². The van der Waals surface area contributed by atoms with Gasteiger partial charge in [-0.1, -0.05) is 6.42 Å². The number of rotatable bonds is 7. The summed E-state index contributed by atoms with van der Waals surface area (Å²) in [6.45, 7) is -0.135. The molecule has 146 valence electrons. The average molecular weight is 395 g/mol. The van der Waals surface area contributed by atoms with Crippen molar-refractivity contribution in [1.82, 2.24) is 10.2 Å². The van der Waals surface area contributed by atoms with Gasteiger partial charge in [-0.05, 0) is 74.5 Å². The first-order valence-electron chi connectivity index (χ1n) is 8.99. The highest BCUT2D eigenvalue weighted by molar-refractivity contribution is 7.80. The van der Waals surface area contributed by atoms with Crippen molar-refractivity contribution in [3.8, 4) is 5.75 Å². The summed E-state index contributed by atoms with van der Waals surface area (Å²) in [5, 5.41) is 6.75. The fraction of sp³-hybridized carbons (Fsp3) is 0.421. The Morgan fingerprint density at radius 3 is 2.52 bits per heavy atom. The lowest BCUT2D eigenvalue weighted by Crippen LogP contribution is -2.41. The number of furan rings is 1. The minimum absolute atomic E-state index is 0.109. The second kappa shape index (κ2) is 9.66. The molecule has 0 spiro atoms. The first-order valence-corrected chi connectivity index (χ1v) is 9.40. The number of alkyl halides is 2. The Bertz CT molecular complexity index is 704. The molecule has 0 amide bonds. The van der Waals surface area contributed by atoms with Gasteiger partial charge in [-0.3, -0.25) is 4.90 Å². The molecule has 1 aromatic carbocycles. The number of likely N-dealkylation sites (tertiary alicyclic amines) is 1. The van der Waals surface area contributed by atoms with E-state index in [0.717, 1.165) is 18.8 Å². The van der Waals surface area contributed by atoms with Crippen molar-refractivity contribution >= 4 is 23.0 Å². The molecule has 1 fully saturated rings. The van der Waals surface area contributed by atoms with Crippen molar-refractivity contribution in [3.63, 3.8) is 0 Å². The van der Waals surface area contributed by atoms with Crippen LogP contribution in [0.2, 0.25) is 0 Å². The maximum absolute atomic E-state index is 12.2. The molecule has 1 aliphatic heterocycles. The van der Waals surface area contributed by atoms with Crippen LogP contribution in [0.3, 0.4) is 0 Å². The quantitative estimate of drug-likeness (QED) is 0.678. The van der Waals surface area contributed by atoms with Crippen LogP contribution in [-0.4, -0.2) is 36.3 Å². The summed E-state index contributed by atoms with van der Waals surface area (Å²) in [6.07, 6.45) is 5.33. The molecule has 8 heteroatoms. The summed E-state index contributed by atoms with van der Waals surface area (Å²) in [5.41, 5.74) is 0.696. The fourth-order valence-electron chi connectivity index (χ4n) is 3.20. The average Bonchev–Trinajstić information content (AvgIpc) is 3.18. The summed E-state index contributed by atoms with van der Waals surface area (Å²) in [5.74, 6) is 1.03. The summed E-state index contributed by atoms with van der Waals surface area (Å²) in [7, 11) is 0. The maximum atomic E-state index is 12.2. The van der Waals surface area contributed by atoms with Crippen LogP contribution in [0.1, 0.15) is 31.1 Å². The Kier molecular flexibility index (Phi) is 7.00. The maximum Gasteiger partial charge on any atom is 0.387 e. The summed E-state index contributed by atoms with van der Waals surface area (Å²) in [6, 6.07) is 10.2. The molecule has 1 aromatic heterocycles. The summed E-state index contributed by atoms with van der Waals surface area (Å²) < 4.78 is 34.4. The lowest BCUT2D eigenvalue weighted by atomic mass is 10.1. The summed E-state index contributed by atoms with van der Waals surface area (Å²) in [4.78, 5) is 2.41. The number of halogens is 2. The first-order chi connectivity index (χ1) is 13.1. The van der Waals surface area contributed by atoms with Crippen molar-refractivity contribution in [3.05, 3.63) is 48.4 Å². The number of piperidine rings is 1. The molecule has 0 radical (unpaired) electrons. The van der Waals surface area contributed by atoms with Gasteiger partial charge in [0.1, 0.15) is 11.5 Å². The topological polar surface area (TPSA) is 49.7 Å². The van der Waals surface area contributed by atoms with E-state index in [1.54, 1.807) is 18.4 Å². The van der Waals surface area contributed by atoms with Gasteiger partial charge in [0.15, 0.2) is 5.11 Å². The first kappa shape index (κ1) is 19.6. The van der Waals surface area contributed by atoms with E-state index in [0.29, 0.717) is 17.3 Å². The normalized spacial score (nSPS) is 16.1. The molecule has 1 unspecified atom stereocenters. The number of hydrogen-bond acceptors (Lipinski definition) is 4. The number of ether oxygens (including phenoxy) is 1. The third-order valence-corrected chi connectivity index (χ3v) is 4.74. The Balaban J connectivity index is 1.54. The van der Waals surface area contributed by atoms with Crippen molar-refractivity contribution in [2.24, 2.45) is 0 Å². The summed E-state index contributed by atoms with van der Waals surface area (Å²) >= 11 is 5.37. The Labute approximate surface area is 162 Å². The van der Waals surface area contributed by atoms with Gasteiger partial charge in [-0.15, -0.1) is 0 Å². The molecule has 2 N–H and O–H groups in total. The number of anilines is 1. The highest BCUT2D eigenvalue weighted by Crippen LogP contribution is 2.24. The molecule has 2 aromatic rings. The van der Waals surface area contributed by atoms with Crippen LogP contribution in [0.5, 0.6) is 5.75 Å². The molecule has 2 heterocycles. The number of nitrogens with one attached hydrogen (secondary N) is 2. The van der Waals surface area contributed by atoms with Gasteiger partial charge < -0.3 is 19.8 Å². The smallest absolute Gasteiger partial charge is 0.387 e. The van der Waals surface area contributed by atoms with Gasteiger partial charge in [0.05, 0.1) is 12.3 Å². The van der Waals surface area contributed by atoms with Crippen molar-refractivity contribution in [1.29, 1.82) is 0 Å². The van der Waals surface area contributed by atoms with Gasteiger partial charge in [0.25, 0.3) is 0 Å². The van der Waals surface area contributed by atoms with Crippen molar-refractivity contribution in [2.75, 3.05) is 25.0 Å². The zero-order chi connectivity index (χ0) is 19.1. The molecule has 0 saturated carbocycles. The highest BCUT2D eigenvalue weighted by Gasteiger charge is 2.24. The minimum atomic E-state index is -2.83. The van der Waals surface area contributed by atoms with Gasteiger partial charge in [-0.2, -0.15) is 8.78 Å². The second-order valence-corrected chi connectivity index (χ2v) is 6.77. The van der Waals surface area contributed by atoms with Crippen LogP contribution >= 0.6 is 12.2 Å². The molecule has 0 bridgehead atoms. The van der Waals surface area contributed by atoms with E-state index in [2.05, 4.69) is 20.3 Å². The molecule has 3 rings (SSSR count). The Morgan fingerprint density at radius 2 is 1.89 bits per heavy atom. The minimum Gasteiger partial charge on any atom is -0.468 e. The molecule has 1 atom stereocenters. The van der Waals surface area contributed by atoms with E-state index >= 15 is 0 Å². The van der Waals surface area contributed by atoms with E-state index in [1.807, 2.05) is 12.1 Å². The van der Waals surface area contributed by atoms with E-state index in [4.69, 9.17) is 16.6 Å². The molecular formula is C19H23F2N3O2S. The lowest BCUT2D eigenvalue weighted by Gasteiger charge is -2.33. The van der Waals surface area contributed by atoms with E-state index < -0.39 is 6.61 Å². The largest absolute Gasteiger partial charge is 0.468 e. The molecule has 27 heavy (non-hydrogen) atoms. The predicted molar refractivity (Wildman–Crippen MR) is 104 cm³/mol. The molecule has 5 nitrogen and oxygen atoms in total. The van der Waals surface area contributed by atoms with E-state index in [9.17, 15) is 8.78 Å². The van der Waals surface area contributed by atoms with Crippen LogP contribution in [0.15, 0.2) is 47.1 Å². The third kappa shape index (κ3) is 5.90. The van der Waals surface area contributed by atoms with Gasteiger partial charge in [0.2, 0.25) is 0 Å². The van der Waals surface area contributed by atoms with Gasteiger partial charge >= 0.3 is 6.61 Å². The van der Waals surface area contributed by atoms with Crippen LogP contribution in [0.25, 0.3) is 0 Å². The van der Waals surface area contributed by atoms with Gasteiger partial charge in [-0.25, -0.2) is 0 Å². The van der Waals surface area contributed by atoms with Crippen LogP contribution < -0.4 is 15.4 Å². The second-order valence-electron chi connectivity index (χ2n) is 6.37. The Hall–Kier alpha value is -2.19. The standard InChI is InChI=1S/C19H23F2N3O2S/c20-18(21)26-15-8-6-14(7-9-15)23-19(27)22-13-16(17-5-4-12-25-17)24-10-2-1-3-11-24/h4-9,12,16,18H,1-3,10-11,13H2,(H2,22,23,27). The Morgan fingerprint density at radius 1 is 1.15 bits per heavy atom.